The lowest BCUT2D eigenvalue weighted by atomic mass is 10.4. The van der Waals surface area contributed by atoms with Crippen LogP contribution in [0.4, 0.5) is 5.95 Å². The summed E-state index contributed by atoms with van der Waals surface area (Å²) in [4.78, 5) is 7.95. The highest BCUT2D eigenvalue weighted by Gasteiger charge is 1.86. The maximum atomic E-state index is 3.97. The molecule has 1 aromatic rings. The zero-order valence-electron chi connectivity index (χ0n) is 5.55. The van der Waals surface area contributed by atoms with Crippen molar-refractivity contribution in [3.05, 3.63) is 18.0 Å². The predicted octanol–water partition coefficient (Wildman–Crippen LogP) is 1.07. The summed E-state index contributed by atoms with van der Waals surface area (Å²) < 4.78 is 0. The summed E-state index contributed by atoms with van der Waals surface area (Å²) in [5.74, 6) is 0.667. The van der Waals surface area contributed by atoms with Crippen molar-refractivity contribution >= 4 is 5.95 Å². The molecule has 0 aliphatic rings. The van der Waals surface area contributed by atoms with E-state index in [2.05, 4.69) is 15.3 Å². The maximum absolute atomic E-state index is 3.97. The highest BCUT2D eigenvalue weighted by molar-refractivity contribution is 5.22. The lowest BCUT2D eigenvalue weighted by Crippen LogP contribution is -1.94. The van der Waals surface area contributed by atoms with Crippen molar-refractivity contribution in [1.29, 1.82) is 0 Å². The van der Waals surface area contributed by atoms with E-state index in [1.54, 1.807) is 19.4 Å². The van der Waals surface area contributed by atoms with Gasteiger partial charge in [-0.15, -0.1) is 0 Å². The van der Waals surface area contributed by atoms with E-state index in [9.17, 15) is 0 Å². The second-order valence-electron chi connectivity index (χ2n) is 1.83. The van der Waals surface area contributed by atoms with E-state index >= 15 is 0 Å². The minimum absolute atomic E-state index is 0. The SMILES string of the molecule is CNc1ncc(C)cn1.[HH]. The lowest BCUT2D eigenvalue weighted by Gasteiger charge is -1.94. The molecule has 50 valence electrons. The standard InChI is InChI=1S/C6H9N3.H2/c1-5-3-8-6(7-2)9-4-5;/h3-4H,1-2H3,(H,7,8,9);1H. The summed E-state index contributed by atoms with van der Waals surface area (Å²) in [5, 5.41) is 2.83. The second-order valence-corrected chi connectivity index (χ2v) is 1.83. The average molecular weight is 125 g/mol. The van der Waals surface area contributed by atoms with Gasteiger partial charge in [0.25, 0.3) is 0 Å². The van der Waals surface area contributed by atoms with Gasteiger partial charge in [-0.05, 0) is 12.5 Å². The van der Waals surface area contributed by atoms with E-state index in [-0.39, 0.29) is 1.43 Å². The van der Waals surface area contributed by atoms with Gasteiger partial charge >= 0.3 is 0 Å². The number of anilines is 1. The molecule has 0 aliphatic heterocycles. The smallest absolute Gasteiger partial charge is 0.222 e. The van der Waals surface area contributed by atoms with Gasteiger partial charge in [0.2, 0.25) is 5.95 Å². The Morgan fingerprint density at radius 1 is 1.44 bits per heavy atom. The third-order valence-corrected chi connectivity index (χ3v) is 1.00. The van der Waals surface area contributed by atoms with Crippen LogP contribution in [0.1, 0.15) is 6.99 Å². The largest absolute Gasteiger partial charge is 0.357 e. The Hall–Kier alpha value is -1.12. The van der Waals surface area contributed by atoms with Crippen molar-refractivity contribution in [1.82, 2.24) is 9.97 Å². The lowest BCUT2D eigenvalue weighted by molar-refractivity contribution is 1.12. The van der Waals surface area contributed by atoms with Gasteiger partial charge in [-0.25, -0.2) is 9.97 Å². The van der Waals surface area contributed by atoms with Crippen LogP contribution < -0.4 is 5.32 Å². The first-order valence-corrected chi connectivity index (χ1v) is 2.79. The highest BCUT2D eigenvalue weighted by Crippen LogP contribution is 1.95. The van der Waals surface area contributed by atoms with Gasteiger partial charge in [0, 0.05) is 20.9 Å². The topological polar surface area (TPSA) is 37.8 Å². The molecule has 0 saturated carbocycles. The summed E-state index contributed by atoms with van der Waals surface area (Å²) in [6.07, 6.45) is 3.55. The summed E-state index contributed by atoms with van der Waals surface area (Å²) >= 11 is 0. The molecule has 1 heterocycles. The minimum atomic E-state index is 0. The van der Waals surface area contributed by atoms with Crippen molar-refractivity contribution in [3.8, 4) is 0 Å². The van der Waals surface area contributed by atoms with Crippen LogP contribution in [0.2, 0.25) is 0 Å². The monoisotopic (exact) mass is 125 g/mol. The molecule has 0 fully saturated rings. The molecule has 0 aliphatic carbocycles. The van der Waals surface area contributed by atoms with Gasteiger partial charge in [0.1, 0.15) is 0 Å². The third kappa shape index (κ3) is 1.38. The van der Waals surface area contributed by atoms with Gasteiger partial charge in [0.05, 0.1) is 0 Å². The molecule has 0 saturated heterocycles. The molecule has 0 spiro atoms. The van der Waals surface area contributed by atoms with Gasteiger partial charge < -0.3 is 5.32 Å². The molecule has 9 heavy (non-hydrogen) atoms. The number of hydrogen-bond acceptors (Lipinski definition) is 3. The van der Waals surface area contributed by atoms with E-state index in [0.29, 0.717) is 5.95 Å². The molecule has 3 nitrogen and oxygen atoms in total. The first kappa shape index (κ1) is 6.01. The van der Waals surface area contributed by atoms with Crippen LogP contribution in [0.15, 0.2) is 12.4 Å². The number of aryl methyl sites for hydroxylation is 1. The number of hydrogen-bond donors (Lipinski definition) is 1. The fourth-order valence-corrected chi connectivity index (χ4v) is 0.522. The predicted molar refractivity (Wildman–Crippen MR) is 38.4 cm³/mol. The second kappa shape index (κ2) is 2.44. The summed E-state index contributed by atoms with van der Waals surface area (Å²) in [5.41, 5.74) is 1.08. The number of rotatable bonds is 1. The number of aromatic nitrogens is 2. The quantitative estimate of drug-likeness (QED) is 0.610. The molecule has 0 amide bonds. The Morgan fingerprint density at radius 3 is 2.44 bits per heavy atom. The Morgan fingerprint density at radius 2 is 2.00 bits per heavy atom. The van der Waals surface area contributed by atoms with Crippen LogP contribution >= 0.6 is 0 Å². The Balaban J connectivity index is 0.000000810. The summed E-state index contributed by atoms with van der Waals surface area (Å²) in [6, 6.07) is 0. The van der Waals surface area contributed by atoms with E-state index in [1.807, 2.05) is 6.92 Å². The van der Waals surface area contributed by atoms with Crippen LogP contribution in [0.5, 0.6) is 0 Å². The van der Waals surface area contributed by atoms with E-state index < -0.39 is 0 Å². The first-order valence-electron chi connectivity index (χ1n) is 2.79. The van der Waals surface area contributed by atoms with Crippen LogP contribution in [-0.2, 0) is 0 Å². The van der Waals surface area contributed by atoms with E-state index in [1.165, 1.54) is 0 Å². The molecular weight excluding hydrogens is 114 g/mol. The molecule has 1 aromatic heterocycles. The zero-order valence-corrected chi connectivity index (χ0v) is 5.55. The van der Waals surface area contributed by atoms with Crippen LogP contribution in [0, 0.1) is 6.92 Å². The van der Waals surface area contributed by atoms with Gasteiger partial charge in [0.15, 0.2) is 0 Å². The van der Waals surface area contributed by atoms with Crippen molar-refractivity contribution < 1.29 is 1.43 Å². The third-order valence-electron chi connectivity index (χ3n) is 1.00. The van der Waals surface area contributed by atoms with Crippen molar-refractivity contribution in [2.24, 2.45) is 0 Å². The summed E-state index contributed by atoms with van der Waals surface area (Å²) in [6.45, 7) is 1.96. The fraction of sp³-hybridized carbons (Fsp3) is 0.333. The summed E-state index contributed by atoms with van der Waals surface area (Å²) in [7, 11) is 1.80. The van der Waals surface area contributed by atoms with Crippen molar-refractivity contribution in [3.63, 3.8) is 0 Å². The first-order chi connectivity index (χ1) is 4.33. The average Bonchev–Trinajstić information content (AvgIpc) is 1.90. The van der Waals surface area contributed by atoms with Gasteiger partial charge in [-0.1, -0.05) is 0 Å². The van der Waals surface area contributed by atoms with E-state index in [4.69, 9.17) is 0 Å². The van der Waals surface area contributed by atoms with Crippen LogP contribution in [0.3, 0.4) is 0 Å². The Labute approximate surface area is 55.6 Å². The molecule has 1 rings (SSSR count). The van der Waals surface area contributed by atoms with Crippen LogP contribution in [-0.4, -0.2) is 17.0 Å². The maximum Gasteiger partial charge on any atom is 0.222 e. The fourth-order valence-electron chi connectivity index (χ4n) is 0.522. The van der Waals surface area contributed by atoms with Crippen molar-refractivity contribution in [2.75, 3.05) is 12.4 Å². The minimum Gasteiger partial charge on any atom is -0.357 e. The number of nitrogens with one attached hydrogen (secondary N) is 1. The highest BCUT2D eigenvalue weighted by atomic mass is 15.1. The molecule has 0 aromatic carbocycles. The number of nitrogens with zero attached hydrogens (tertiary/aromatic N) is 2. The van der Waals surface area contributed by atoms with Gasteiger partial charge in [-0.2, -0.15) is 0 Å². The van der Waals surface area contributed by atoms with Crippen molar-refractivity contribution in [2.45, 2.75) is 6.92 Å². The molecule has 1 N–H and O–H groups in total. The zero-order chi connectivity index (χ0) is 6.69. The normalized spacial score (nSPS) is 9.11. The molecule has 3 heteroatoms. The Bertz CT molecular complexity index is 185. The molecule has 0 unspecified atom stereocenters. The van der Waals surface area contributed by atoms with E-state index in [0.717, 1.165) is 5.56 Å². The molecule has 0 radical (unpaired) electrons. The molecule has 0 bridgehead atoms. The van der Waals surface area contributed by atoms with Crippen LogP contribution in [0.25, 0.3) is 0 Å². The molecular formula is C6H11N3. The molecule has 0 atom stereocenters. The van der Waals surface area contributed by atoms with Gasteiger partial charge in [-0.3, -0.25) is 0 Å². The Kier molecular flexibility index (Phi) is 1.63.